The van der Waals surface area contributed by atoms with Gasteiger partial charge in [0.15, 0.2) is 0 Å². The predicted octanol–water partition coefficient (Wildman–Crippen LogP) is 2.41. The summed E-state index contributed by atoms with van der Waals surface area (Å²) in [5, 5.41) is 0. The Labute approximate surface area is 133 Å². The lowest BCUT2D eigenvalue weighted by atomic mass is 10.1. The van der Waals surface area contributed by atoms with E-state index in [2.05, 4.69) is 0 Å². The van der Waals surface area contributed by atoms with Gasteiger partial charge in [0.2, 0.25) is 10.0 Å². The molecule has 0 bridgehead atoms. The molecule has 0 atom stereocenters. The van der Waals surface area contributed by atoms with Crippen molar-refractivity contribution >= 4 is 21.6 Å². The monoisotopic (exact) mass is 324 g/mol. The Hall–Kier alpha value is -1.56. The lowest BCUT2D eigenvalue weighted by Gasteiger charge is -2.30. The molecule has 1 aromatic carbocycles. The van der Waals surface area contributed by atoms with E-state index in [4.69, 9.17) is 0 Å². The minimum absolute atomic E-state index is 0.0549. The molecule has 1 aliphatic rings. The second-order valence-corrected chi connectivity index (χ2v) is 7.59. The fraction of sp³-hybridized carbons (Fsp3) is 0.562. The molecule has 122 valence electrons. The third-order valence-corrected chi connectivity index (χ3v) is 5.98. The molecule has 1 aromatic rings. The highest BCUT2D eigenvalue weighted by Crippen LogP contribution is 2.28. The van der Waals surface area contributed by atoms with E-state index in [0.717, 1.165) is 12.0 Å². The third-order valence-electron chi connectivity index (χ3n) is 4.12. The Kier molecular flexibility index (Phi) is 5.11. The van der Waals surface area contributed by atoms with Crippen LogP contribution < -0.4 is 4.31 Å². The number of nitrogens with zero attached hydrogens (tertiary/aromatic N) is 2. The summed E-state index contributed by atoms with van der Waals surface area (Å²) in [7, 11) is -3.26. The highest BCUT2D eigenvalue weighted by Gasteiger charge is 2.28. The van der Waals surface area contributed by atoms with Crippen LogP contribution in [0.5, 0.6) is 0 Å². The molecule has 0 aliphatic carbocycles. The van der Waals surface area contributed by atoms with Crippen LogP contribution in [0.15, 0.2) is 18.2 Å². The molecule has 1 heterocycles. The second kappa shape index (κ2) is 6.69. The summed E-state index contributed by atoms with van der Waals surface area (Å²) >= 11 is 0. The fourth-order valence-electron chi connectivity index (χ4n) is 2.76. The third kappa shape index (κ3) is 3.27. The van der Waals surface area contributed by atoms with Crippen LogP contribution in [-0.2, 0) is 10.0 Å². The second-order valence-electron chi connectivity index (χ2n) is 5.57. The van der Waals surface area contributed by atoms with Crippen LogP contribution in [0.3, 0.4) is 0 Å². The minimum Gasteiger partial charge on any atom is -0.339 e. The van der Waals surface area contributed by atoms with E-state index in [1.807, 2.05) is 26.8 Å². The average molecular weight is 324 g/mol. The summed E-state index contributed by atoms with van der Waals surface area (Å²) in [4.78, 5) is 14.2. The zero-order valence-corrected chi connectivity index (χ0v) is 14.3. The van der Waals surface area contributed by atoms with Gasteiger partial charge in [-0.3, -0.25) is 9.10 Å². The number of hydrogen-bond acceptors (Lipinski definition) is 3. The standard InChI is InChI=1S/C16H24N2O3S/c1-4-17(5-2)16(19)14-9-8-13(3)15(12-14)18-10-6-7-11-22(18,20)21/h8-9,12H,4-7,10-11H2,1-3H3. The molecule has 1 fully saturated rings. The molecule has 1 saturated heterocycles. The largest absolute Gasteiger partial charge is 0.339 e. The number of aryl methyl sites for hydroxylation is 1. The van der Waals surface area contributed by atoms with Gasteiger partial charge in [0.1, 0.15) is 0 Å². The maximum atomic E-state index is 12.5. The topological polar surface area (TPSA) is 57.7 Å². The van der Waals surface area contributed by atoms with Crippen molar-refractivity contribution in [2.45, 2.75) is 33.6 Å². The first-order chi connectivity index (χ1) is 10.4. The number of carbonyl (C=O) groups excluding carboxylic acids is 1. The lowest BCUT2D eigenvalue weighted by Crippen LogP contribution is -2.38. The smallest absolute Gasteiger partial charge is 0.253 e. The van der Waals surface area contributed by atoms with Crippen LogP contribution in [0.2, 0.25) is 0 Å². The molecule has 1 aliphatic heterocycles. The van der Waals surface area contributed by atoms with Crippen LogP contribution in [-0.4, -0.2) is 44.6 Å². The van der Waals surface area contributed by atoms with E-state index >= 15 is 0 Å². The van der Waals surface area contributed by atoms with E-state index < -0.39 is 10.0 Å². The highest BCUT2D eigenvalue weighted by atomic mass is 32.2. The average Bonchev–Trinajstić information content (AvgIpc) is 2.49. The Morgan fingerprint density at radius 1 is 1.23 bits per heavy atom. The number of hydrogen-bond donors (Lipinski definition) is 0. The SMILES string of the molecule is CCN(CC)C(=O)c1ccc(C)c(N2CCCCS2(=O)=O)c1. The van der Waals surface area contributed by atoms with Crippen molar-refractivity contribution < 1.29 is 13.2 Å². The van der Waals surface area contributed by atoms with Gasteiger partial charge in [-0.15, -0.1) is 0 Å². The molecule has 5 nitrogen and oxygen atoms in total. The highest BCUT2D eigenvalue weighted by molar-refractivity contribution is 7.92. The summed E-state index contributed by atoms with van der Waals surface area (Å²) in [6, 6.07) is 5.32. The van der Waals surface area contributed by atoms with Crippen molar-refractivity contribution in [2.75, 3.05) is 29.7 Å². The molecule has 0 saturated carbocycles. The summed E-state index contributed by atoms with van der Waals surface area (Å²) in [5.74, 6) is 0.126. The molecule has 0 spiro atoms. The molecule has 0 radical (unpaired) electrons. The quantitative estimate of drug-likeness (QED) is 0.854. The molecule has 2 rings (SSSR count). The van der Waals surface area contributed by atoms with Gasteiger partial charge in [-0.2, -0.15) is 0 Å². The minimum atomic E-state index is -3.26. The van der Waals surface area contributed by atoms with Crippen molar-refractivity contribution in [3.8, 4) is 0 Å². The van der Waals surface area contributed by atoms with Gasteiger partial charge >= 0.3 is 0 Å². The first-order valence-electron chi connectivity index (χ1n) is 7.81. The zero-order chi connectivity index (χ0) is 16.3. The Bertz CT molecular complexity index is 651. The summed E-state index contributed by atoms with van der Waals surface area (Å²) in [6.45, 7) is 7.52. The van der Waals surface area contributed by atoms with Gasteiger partial charge in [-0.25, -0.2) is 8.42 Å². The fourth-order valence-corrected chi connectivity index (χ4v) is 4.46. The molecule has 6 heteroatoms. The van der Waals surface area contributed by atoms with E-state index in [1.54, 1.807) is 17.0 Å². The van der Waals surface area contributed by atoms with Gasteiger partial charge in [0.25, 0.3) is 5.91 Å². The van der Waals surface area contributed by atoms with E-state index in [1.165, 1.54) is 4.31 Å². The van der Waals surface area contributed by atoms with Crippen LogP contribution in [0.4, 0.5) is 5.69 Å². The molecular weight excluding hydrogens is 300 g/mol. The number of sulfonamides is 1. The van der Waals surface area contributed by atoms with Gasteiger partial charge in [-0.1, -0.05) is 6.07 Å². The number of anilines is 1. The van der Waals surface area contributed by atoms with Crippen LogP contribution in [0, 0.1) is 6.92 Å². The number of benzene rings is 1. The number of amides is 1. The van der Waals surface area contributed by atoms with Crippen LogP contribution in [0.25, 0.3) is 0 Å². The van der Waals surface area contributed by atoms with E-state index in [0.29, 0.717) is 37.3 Å². The maximum absolute atomic E-state index is 12.5. The molecule has 22 heavy (non-hydrogen) atoms. The van der Waals surface area contributed by atoms with Crippen LogP contribution in [0.1, 0.15) is 42.6 Å². The number of rotatable bonds is 4. The Morgan fingerprint density at radius 2 is 1.91 bits per heavy atom. The lowest BCUT2D eigenvalue weighted by molar-refractivity contribution is 0.0773. The van der Waals surface area contributed by atoms with E-state index in [9.17, 15) is 13.2 Å². The first kappa shape index (κ1) is 16.8. The van der Waals surface area contributed by atoms with Crippen molar-refractivity contribution in [2.24, 2.45) is 0 Å². The van der Waals surface area contributed by atoms with Gasteiger partial charge in [0, 0.05) is 25.2 Å². The molecule has 0 aromatic heterocycles. The summed E-state index contributed by atoms with van der Waals surface area (Å²) in [6.07, 6.45) is 1.56. The molecule has 0 unspecified atom stereocenters. The maximum Gasteiger partial charge on any atom is 0.253 e. The summed E-state index contributed by atoms with van der Waals surface area (Å²) < 4.78 is 26.0. The van der Waals surface area contributed by atoms with Crippen molar-refractivity contribution in [1.29, 1.82) is 0 Å². The Morgan fingerprint density at radius 3 is 2.50 bits per heavy atom. The number of carbonyl (C=O) groups is 1. The first-order valence-corrected chi connectivity index (χ1v) is 9.42. The zero-order valence-electron chi connectivity index (χ0n) is 13.5. The van der Waals surface area contributed by atoms with Crippen molar-refractivity contribution in [1.82, 2.24) is 4.90 Å². The Balaban J connectivity index is 2.41. The van der Waals surface area contributed by atoms with Crippen molar-refractivity contribution in [3.63, 3.8) is 0 Å². The normalized spacial score (nSPS) is 17.3. The summed E-state index contributed by atoms with van der Waals surface area (Å²) in [5.41, 5.74) is 2.06. The van der Waals surface area contributed by atoms with E-state index in [-0.39, 0.29) is 11.7 Å². The molecule has 0 N–H and O–H groups in total. The van der Waals surface area contributed by atoms with Gasteiger partial charge < -0.3 is 4.90 Å². The van der Waals surface area contributed by atoms with Crippen LogP contribution >= 0.6 is 0 Å². The van der Waals surface area contributed by atoms with Gasteiger partial charge in [0.05, 0.1) is 11.4 Å². The predicted molar refractivity (Wildman–Crippen MR) is 88.8 cm³/mol. The van der Waals surface area contributed by atoms with Crippen molar-refractivity contribution in [3.05, 3.63) is 29.3 Å². The van der Waals surface area contributed by atoms with Gasteiger partial charge in [-0.05, 0) is 51.3 Å². The molecule has 1 amide bonds. The molecular formula is C16H24N2O3S.